The number of carbonyl (C=O) groups is 1. The first-order valence-electron chi connectivity index (χ1n) is 16.7. The van der Waals surface area contributed by atoms with Crippen molar-refractivity contribution in [1.82, 2.24) is 9.55 Å². The zero-order valence-electron chi connectivity index (χ0n) is 30.2. The van der Waals surface area contributed by atoms with Crippen LogP contribution in [0.1, 0.15) is 63.9 Å². The van der Waals surface area contributed by atoms with Crippen LogP contribution in [0, 0.1) is 5.92 Å². The number of nitrogens with one attached hydrogen (secondary N) is 1. The monoisotopic (exact) mass is 721 g/mol. The van der Waals surface area contributed by atoms with Crippen molar-refractivity contribution in [3.05, 3.63) is 66.1 Å². The number of benzene rings is 1. The predicted octanol–water partition coefficient (Wildman–Crippen LogP) is 9.86. The molecule has 1 saturated carbocycles. The zero-order chi connectivity index (χ0) is 36.6. The van der Waals surface area contributed by atoms with Crippen molar-refractivity contribution in [1.29, 1.82) is 0 Å². The second kappa shape index (κ2) is 14.3. The average molecular weight is 722 g/mol. The summed E-state index contributed by atoms with van der Waals surface area (Å²) < 4.78 is 74.1. The molecule has 1 N–H and O–H groups in total. The molecule has 13 heteroatoms. The topological polar surface area (TPSA) is 74.6 Å². The number of ether oxygens (including phenoxy) is 1. The molecule has 3 aromatic rings. The van der Waals surface area contributed by atoms with Gasteiger partial charge in [0.1, 0.15) is 17.7 Å². The fourth-order valence-electron chi connectivity index (χ4n) is 5.49. The fourth-order valence-corrected chi connectivity index (χ4v) is 7.91. The third-order valence-corrected chi connectivity index (χ3v) is 19.4. The second-order valence-corrected chi connectivity index (χ2v) is 25.7. The van der Waals surface area contributed by atoms with Crippen molar-refractivity contribution in [3.63, 3.8) is 0 Å². The van der Waals surface area contributed by atoms with Gasteiger partial charge in [-0.05, 0) is 72.5 Å². The molecule has 0 bridgehead atoms. The van der Waals surface area contributed by atoms with E-state index < -0.39 is 41.3 Å². The number of aldehydes is 1. The average Bonchev–Trinajstić information content (AvgIpc) is 3.50. The van der Waals surface area contributed by atoms with Gasteiger partial charge in [0.2, 0.25) is 0 Å². The van der Waals surface area contributed by atoms with E-state index in [1.165, 1.54) is 18.2 Å². The molecule has 0 spiro atoms. The molecule has 1 aromatic carbocycles. The Morgan fingerprint density at radius 2 is 1.63 bits per heavy atom. The van der Waals surface area contributed by atoms with Crippen molar-refractivity contribution in [3.8, 4) is 16.9 Å². The van der Waals surface area contributed by atoms with Gasteiger partial charge in [0.15, 0.2) is 22.9 Å². The number of carbonyl (C=O) groups excluding carboxylic acids is 1. The van der Waals surface area contributed by atoms with Gasteiger partial charge in [0.25, 0.3) is 0 Å². The number of alkyl halides is 4. The first kappa shape index (κ1) is 38.8. The normalized spacial score (nSPS) is 20.8. The van der Waals surface area contributed by atoms with Crippen molar-refractivity contribution in [2.24, 2.45) is 5.92 Å². The molecule has 1 aliphatic carbocycles. The standard InChI is InChI=1S/C36H51F4N3O4Si2/c1-34(2,3)48(7,8)45-23-25-18-30(31(37)32(25)47-49(9,10)35(4,5)6)42-33-28(15-12-16-41-33)29-21-43(20-26(29)22-44)19-24-13-11-14-27(17-24)46-36(38,39)40/h11-17,20-22,25,30-32H,18-19,23H2,1-10H3,(H,41,42)/t25-,30-,31-,32-/m1/s1. The zero-order valence-corrected chi connectivity index (χ0v) is 32.2. The summed E-state index contributed by atoms with van der Waals surface area (Å²) in [6, 6.07) is 8.63. The smallest absolute Gasteiger partial charge is 0.416 e. The van der Waals surface area contributed by atoms with Crippen LogP contribution in [-0.2, 0) is 15.4 Å². The van der Waals surface area contributed by atoms with Crippen LogP contribution in [0.25, 0.3) is 11.1 Å². The van der Waals surface area contributed by atoms with Gasteiger partial charge in [-0.3, -0.25) is 4.79 Å². The summed E-state index contributed by atoms with van der Waals surface area (Å²) >= 11 is 0. The van der Waals surface area contributed by atoms with E-state index in [1.807, 2.05) is 6.07 Å². The molecule has 2 heterocycles. The Balaban J connectivity index is 1.61. The van der Waals surface area contributed by atoms with Crippen LogP contribution in [0.15, 0.2) is 55.0 Å². The van der Waals surface area contributed by atoms with Crippen LogP contribution in [0.4, 0.5) is 23.4 Å². The Labute approximate surface area is 290 Å². The van der Waals surface area contributed by atoms with Crippen LogP contribution < -0.4 is 10.1 Å². The van der Waals surface area contributed by atoms with E-state index in [0.29, 0.717) is 41.1 Å². The van der Waals surface area contributed by atoms with E-state index >= 15 is 4.39 Å². The lowest BCUT2D eigenvalue weighted by atomic mass is 10.1. The molecule has 1 aliphatic rings. The number of anilines is 1. The van der Waals surface area contributed by atoms with Gasteiger partial charge in [-0.25, -0.2) is 9.37 Å². The minimum atomic E-state index is -4.81. The number of pyridine rings is 1. The Hall–Kier alpha value is -3.01. The van der Waals surface area contributed by atoms with Gasteiger partial charge < -0.3 is 23.5 Å². The van der Waals surface area contributed by atoms with Crippen LogP contribution in [-0.4, -0.2) is 63.8 Å². The summed E-state index contributed by atoms with van der Waals surface area (Å²) in [6.07, 6.45) is -0.623. The first-order chi connectivity index (χ1) is 22.5. The molecule has 0 aliphatic heterocycles. The Bertz CT molecular complexity index is 1600. The molecule has 0 saturated heterocycles. The predicted molar refractivity (Wildman–Crippen MR) is 191 cm³/mol. The number of hydrogen-bond acceptors (Lipinski definition) is 6. The summed E-state index contributed by atoms with van der Waals surface area (Å²) in [6.45, 7) is 22.2. The third-order valence-electron chi connectivity index (χ3n) is 10.4. The molecule has 7 nitrogen and oxygen atoms in total. The van der Waals surface area contributed by atoms with Crippen LogP contribution in [0.2, 0.25) is 36.3 Å². The first-order valence-corrected chi connectivity index (χ1v) is 22.5. The summed E-state index contributed by atoms with van der Waals surface area (Å²) in [4.78, 5) is 16.8. The lowest BCUT2D eigenvalue weighted by Gasteiger charge is -2.41. The van der Waals surface area contributed by atoms with Gasteiger partial charge in [-0.15, -0.1) is 13.2 Å². The number of hydrogen-bond donors (Lipinski definition) is 1. The van der Waals surface area contributed by atoms with Crippen molar-refractivity contribution >= 4 is 28.7 Å². The second-order valence-electron chi connectivity index (χ2n) is 16.1. The summed E-state index contributed by atoms with van der Waals surface area (Å²) in [5, 5.41) is 3.26. The summed E-state index contributed by atoms with van der Waals surface area (Å²) in [5.74, 6) is -0.0758. The molecular formula is C36H51F4N3O4Si2. The molecule has 270 valence electrons. The minimum Gasteiger partial charge on any atom is -0.416 e. The molecule has 4 rings (SSSR count). The summed E-state index contributed by atoms with van der Waals surface area (Å²) in [7, 11) is -4.45. The van der Waals surface area contributed by atoms with Crippen molar-refractivity contribution in [2.75, 3.05) is 11.9 Å². The largest absolute Gasteiger partial charge is 0.573 e. The van der Waals surface area contributed by atoms with Gasteiger partial charge in [-0.1, -0.05) is 53.7 Å². The maximum atomic E-state index is 16.6. The van der Waals surface area contributed by atoms with Gasteiger partial charge in [0, 0.05) is 54.4 Å². The molecule has 49 heavy (non-hydrogen) atoms. The Morgan fingerprint density at radius 1 is 0.959 bits per heavy atom. The fraction of sp³-hybridized carbons (Fsp3) is 0.556. The lowest BCUT2D eigenvalue weighted by molar-refractivity contribution is -0.274. The molecule has 2 aromatic heterocycles. The van der Waals surface area contributed by atoms with Gasteiger partial charge >= 0.3 is 6.36 Å². The molecule has 0 amide bonds. The Morgan fingerprint density at radius 3 is 2.24 bits per heavy atom. The van der Waals surface area contributed by atoms with Gasteiger partial charge in [0.05, 0.1) is 12.1 Å². The summed E-state index contributed by atoms with van der Waals surface area (Å²) in [5.41, 5.74) is 2.08. The molecule has 0 unspecified atom stereocenters. The maximum Gasteiger partial charge on any atom is 0.573 e. The van der Waals surface area contributed by atoms with Crippen LogP contribution >= 0.6 is 0 Å². The van der Waals surface area contributed by atoms with Crippen molar-refractivity contribution < 1.29 is 35.9 Å². The lowest BCUT2D eigenvalue weighted by Crippen LogP contribution is -2.49. The van der Waals surface area contributed by atoms with E-state index in [9.17, 15) is 18.0 Å². The molecular weight excluding hydrogens is 671 g/mol. The number of rotatable bonds is 12. The Kier molecular flexibility index (Phi) is 11.3. The quantitative estimate of drug-likeness (QED) is 0.114. The SMILES string of the molecule is CC(C)(C)[Si](C)(C)OC[C@H]1C[C@@H](Nc2ncccc2-c2cn(Cc3cccc(OC(F)(F)F)c3)cc2C=O)[C@@H](F)[C@@H]1O[Si](C)(C)C(C)(C)C. The van der Waals surface area contributed by atoms with E-state index in [4.69, 9.17) is 8.85 Å². The minimum absolute atomic E-state index is 0.00333. The maximum absolute atomic E-state index is 16.6. The van der Waals surface area contributed by atoms with Crippen molar-refractivity contribution in [2.45, 2.75) is 115 Å². The highest BCUT2D eigenvalue weighted by Gasteiger charge is 2.51. The van der Waals surface area contributed by atoms with Crippen LogP contribution in [0.3, 0.4) is 0 Å². The number of aromatic nitrogens is 2. The number of halogens is 4. The highest BCUT2D eigenvalue weighted by molar-refractivity contribution is 6.74. The van der Waals surface area contributed by atoms with E-state index in [0.717, 1.165) is 6.29 Å². The molecule has 0 radical (unpaired) electrons. The highest BCUT2D eigenvalue weighted by atomic mass is 28.4. The third kappa shape index (κ3) is 9.41. The molecule has 4 atom stereocenters. The van der Waals surface area contributed by atoms with Crippen LogP contribution in [0.5, 0.6) is 5.75 Å². The number of nitrogens with zero attached hydrogens (tertiary/aromatic N) is 2. The molecule has 1 fully saturated rings. The highest BCUT2D eigenvalue weighted by Crippen LogP contribution is 2.44. The van der Waals surface area contributed by atoms with E-state index in [-0.39, 0.29) is 28.3 Å². The van der Waals surface area contributed by atoms with Gasteiger partial charge in [-0.2, -0.15) is 0 Å². The van der Waals surface area contributed by atoms with E-state index in [2.05, 4.69) is 82.8 Å². The van der Waals surface area contributed by atoms with E-state index in [1.54, 1.807) is 35.3 Å².